The van der Waals surface area contributed by atoms with E-state index in [2.05, 4.69) is 10.0 Å². The van der Waals surface area contributed by atoms with E-state index in [0.29, 0.717) is 18.5 Å². The normalized spacial score (nSPS) is 17.0. The first kappa shape index (κ1) is 20.2. The predicted octanol–water partition coefficient (Wildman–Crippen LogP) is 2.78. The number of nitrogens with one attached hydrogen (secondary N) is 2. The second-order valence-corrected chi connectivity index (χ2v) is 8.51. The molecule has 1 aliphatic heterocycles. The van der Waals surface area contributed by atoms with E-state index >= 15 is 0 Å². The van der Waals surface area contributed by atoms with Crippen LogP contribution in [0.5, 0.6) is 0 Å². The average Bonchev–Trinajstić information content (AvgIpc) is 2.82. The molecule has 6 nitrogen and oxygen atoms in total. The van der Waals surface area contributed by atoms with Crippen LogP contribution in [0.15, 0.2) is 41.3 Å². The zero-order chi connectivity index (χ0) is 20.5. The number of carbonyl (C=O) groups excluding carboxylic acids is 1. The standard InChI is InChI=1S/C19H21F2N3O3S/c1-12(25)24-8-7-18(16-5-3-14(20)9-13(16)11-24)23-19-6-4-15(10-17(19)21)28(26,27)22-2/h3-6,9-10,18,22-23H,7-8,11H2,1-2H3. The first-order chi connectivity index (χ1) is 13.2. The molecule has 2 aromatic rings. The van der Waals surface area contributed by atoms with Gasteiger partial charge < -0.3 is 10.2 Å². The number of benzene rings is 2. The first-order valence-corrected chi connectivity index (χ1v) is 10.2. The number of carbonyl (C=O) groups is 1. The molecule has 1 aliphatic rings. The summed E-state index contributed by atoms with van der Waals surface area (Å²) in [6, 6.07) is 7.58. The summed E-state index contributed by atoms with van der Waals surface area (Å²) in [4.78, 5) is 13.2. The second kappa shape index (κ2) is 7.84. The van der Waals surface area contributed by atoms with Gasteiger partial charge in [-0.1, -0.05) is 6.07 Å². The highest BCUT2D eigenvalue weighted by molar-refractivity contribution is 7.89. The van der Waals surface area contributed by atoms with Crippen molar-refractivity contribution in [1.82, 2.24) is 9.62 Å². The molecule has 150 valence electrons. The Morgan fingerprint density at radius 3 is 2.57 bits per heavy atom. The van der Waals surface area contributed by atoms with Gasteiger partial charge in [-0.3, -0.25) is 4.79 Å². The van der Waals surface area contributed by atoms with Gasteiger partial charge in [-0.05, 0) is 54.9 Å². The van der Waals surface area contributed by atoms with Gasteiger partial charge in [0.15, 0.2) is 0 Å². The number of rotatable bonds is 4. The Hall–Kier alpha value is -2.52. The van der Waals surface area contributed by atoms with E-state index in [9.17, 15) is 22.0 Å². The van der Waals surface area contributed by atoms with Gasteiger partial charge in [-0.2, -0.15) is 0 Å². The van der Waals surface area contributed by atoms with Gasteiger partial charge in [0.25, 0.3) is 0 Å². The topological polar surface area (TPSA) is 78.5 Å². The largest absolute Gasteiger partial charge is 0.376 e. The minimum atomic E-state index is -3.75. The van der Waals surface area contributed by atoms with E-state index in [4.69, 9.17) is 0 Å². The van der Waals surface area contributed by atoms with Crippen LogP contribution in [0.2, 0.25) is 0 Å². The van der Waals surface area contributed by atoms with Gasteiger partial charge in [0.1, 0.15) is 11.6 Å². The quantitative estimate of drug-likeness (QED) is 0.814. The third-order valence-corrected chi connectivity index (χ3v) is 6.24. The summed E-state index contributed by atoms with van der Waals surface area (Å²) in [6.07, 6.45) is 0.494. The summed E-state index contributed by atoms with van der Waals surface area (Å²) in [7, 11) is -2.50. The first-order valence-electron chi connectivity index (χ1n) is 8.74. The van der Waals surface area contributed by atoms with Crippen LogP contribution in [0, 0.1) is 11.6 Å². The second-order valence-electron chi connectivity index (χ2n) is 6.62. The van der Waals surface area contributed by atoms with Crippen LogP contribution < -0.4 is 10.0 Å². The molecule has 0 aromatic heterocycles. The molecular weight excluding hydrogens is 388 g/mol. The van der Waals surface area contributed by atoms with Crippen molar-refractivity contribution in [2.45, 2.75) is 30.8 Å². The van der Waals surface area contributed by atoms with E-state index in [-0.39, 0.29) is 29.1 Å². The molecule has 0 saturated heterocycles. The number of nitrogens with zero attached hydrogens (tertiary/aromatic N) is 1. The van der Waals surface area contributed by atoms with Crippen molar-refractivity contribution in [3.8, 4) is 0 Å². The molecule has 0 saturated carbocycles. The fourth-order valence-electron chi connectivity index (χ4n) is 3.28. The lowest BCUT2D eigenvalue weighted by molar-refractivity contribution is -0.129. The van der Waals surface area contributed by atoms with Gasteiger partial charge in [-0.15, -0.1) is 0 Å². The third-order valence-electron chi connectivity index (χ3n) is 4.82. The maximum atomic E-state index is 14.5. The lowest BCUT2D eigenvalue weighted by Gasteiger charge is -2.21. The Kier molecular flexibility index (Phi) is 5.66. The van der Waals surface area contributed by atoms with Gasteiger partial charge in [0.05, 0.1) is 16.6 Å². The number of amides is 1. The number of halogens is 2. The summed E-state index contributed by atoms with van der Waals surface area (Å²) >= 11 is 0. The van der Waals surface area contributed by atoms with Crippen molar-refractivity contribution >= 4 is 21.6 Å². The molecule has 0 radical (unpaired) electrons. The minimum Gasteiger partial charge on any atom is -0.376 e. The number of hydrogen-bond donors (Lipinski definition) is 2. The number of hydrogen-bond acceptors (Lipinski definition) is 4. The molecule has 0 aliphatic carbocycles. The Bertz CT molecular complexity index is 1010. The molecule has 2 N–H and O–H groups in total. The van der Waals surface area contributed by atoms with E-state index < -0.39 is 21.7 Å². The van der Waals surface area contributed by atoms with Crippen molar-refractivity contribution < 1.29 is 22.0 Å². The summed E-state index contributed by atoms with van der Waals surface area (Å²) < 4.78 is 54.0. The van der Waals surface area contributed by atoms with Crippen LogP contribution in [0.3, 0.4) is 0 Å². The summed E-state index contributed by atoms with van der Waals surface area (Å²) in [5, 5.41) is 3.07. The van der Waals surface area contributed by atoms with Crippen molar-refractivity contribution in [3.05, 3.63) is 59.2 Å². The molecule has 28 heavy (non-hydrogen) atoms. The van der Waals surface area contributed by atoms with Crippen LogP contribution in [-0.4, -0.2) is 32.8 Å². The third kappa shape index (κ3) is 4.15. The fourth-order valence-corrected chi connectivity index (χ4v) is 4.02. The molecule has 1 unspecified atom stereocenters. The van der Waals surface area contributed by atoms with Crippen molar-refractivity contribution in [1.29, 1.82) is 0 Å². The van der Waals surface area contributed by atoms with E-state index in [1.54, 1.807) is 11.0 Å². The Morgan fingerprint density at radius 2 is 1.93 bits per heavy atom. The number of sulfonamides is 1. The van der Waals surface area contributed by atoms with Crippen molar-refractivity contribution in [2.75, 3.05) is 18.9 Å². The highest BCUT2D eigenvalue weighted by Crippen LogP contribution is 2.32. The van der Waals surface area contributed by atoms with Crippen LogP contribution >= 0.6 is 0 Å². The molecule has 1 amide bonds. The molecule has 3 rings (SSSR count). The van der Waals surface area contributed by atoms with Gasteiger partial charge >= 0.3 is 0 Å². The monoisotopic (exact) mass is 409 g/mol. The zero-order valence-electron chi connectivity index (χ0n) is 15.5. The summed E-state index contributed by atoms with van der Waals surface area (Å²) in [5.41, 5.74) is 1.56. The average molecular weight is 409 g/mol. The summed E-state index contributed by atoms with van der Waals surface area (Å²) in [5.74, 6) is -1.24. The number of anilines is 1. The minimum absolute atomic E-state index is 0.122. The molecule has 0 spiro atoms. The molecule has 0 fully saturated rings. The highest BCUT2D eigenvalue weighted by Gasteiger charge is 2.25. The van der Waals surface area contributed by atoms with E-state index in [0.717, 1.165) is 11.6 Å². The van der Waals surface area contributed by atoms with Gasteiger partial charge in [-0.25, -0.2) is 21.9 Å². The Balaban J connectivity index is 1.93. The summed E-state index contributed by atoms with van der Waals surface area (Å²) in [6.45, 7) is 2.16. The van der Waals surface area contributed by atoms with Gasteiger partial charge in [0, 0.05) is 20.0 Å². The maximum Gasteiger partial charge on any atom is 0.240 e. The molecule has 2 aromatic carbocycles. The predicted molar refractivity (Wildman–Crippen MR) is 101 cm³/mol. The number of fused-ring (bicyclic) bond motifs is 1. The molecular formula is C19H21F2N3O3S. The van der Waals surface area contributed by atoms with Crippen LogP contribution in [0.4, 0.5) is 14.5 Å². The maximum absolute atomic E-state index is 14.5. The zero-order valence-corrected chi connectivity index (χ0v) is 16.3. The van der Waals surface area contributed by atoms with Crippen LogP contribution in [-0.2, 0) is 21.4 Å². The van der Waals surface area contributed by atoms with Crippen molar-refractivity contribution in [2.24, 2.45) is 0 Å². The van der Waals surface area contributed by atoms with Crippen LogP contribution in [0.25, 0.3) is 0 Å². The smallest absolute Gasteiger partial charge is 0.240 e. The lowest BCUT2D eigenvalue weighted by atomic mass is 9.99. The van der Waals surface area contributed by atoms with Gasteiger partial charge in [0.2, 0.25) is 15.9 Å². The highest BCUT2D eigenvalue weighted by atomic mass is 32.2. The van der Waals surface area contributed by atoms with E-state index in [1.165, 1.54) is 38.2 Å². The molecule has 1 atom stereocenters. The van der Waals surface area contributed by atoms with Crippen molar-refractivity contribution in [3.63, 3.8) is 0 Å². The van der Waals surface area contributed by atoms with Crippen LogP contribution in [0.1, 0.15) is 30.5 Å². The Morgan fingerprint density at radius 1 is 1.18 bits per heavy atom. The fraction of sp³-hybridized carbons (Fsp3) is 0.316. The Labute approximate surface area is 162 Å². The SMILES string of the molecule is CNS(=O)(=O)c1ccc(NC2CCN(C(C)=O)Cc3cc(F)ccc32)c(F)c1. The molecule has 0 bridgehead atoms. The van der Waals surface area contributed by atoms with E-state index in [1.807, 2.05) is 0 Å². The molecule has 1 heterocycles. The lowest BCUT2D eigenvalue weighted by Crippen LogP contribution is -2.28. The molecule has 9 heteroatoms.